The fourth-order valence-corrected chi connectivity index (χ4v) is 2.89. The molecule has 0 heterocycles. The monoisotopic (exact) mass is 277 g/mol. The molecule has 4 nitrogen and oxygen atoms in total. The number of aliphatic carboxylic acids is 1. The van der Waals surface area contributed by atoms with Crippen LogP contribution in [0.25, 0.3) is 0 Å². The Bertz CT molecular complexity index is 470. The van der Waals surface area contributed by atoms with Gasteiger partial charge in [0.15, 0.2) is 5.54 Å². The predicted octanol–water partition coefficient (Wildman–Crippen LogP) is 3.02. The molecule has 0 spiro atoms. The van der Waals surface area contributed by atoms with Crippen LogP contribution in [-0.4, -0.2) is 27.9 Å². The third-order valence-corrected chi connectivity index (χ3v) is 3.48. The van der Waals surface area contributed by atoms with Crippen LogP contribution >= 0.6 is 0 Å². The van der Waals surface area contributed by atoms with Crippen molar-refractivity contribution in [1.29, 1.82) is 0 Å². The van der Waals surface area contributed by atoms with E-state index >= 15 is 0 Å². The van der Waals surface area contributed by atoms with E-state index in [0.717, 1.165) is 0 Å². The van der Waals surface area contributed by atoms with Crippen molar-refractivity contribution in [3.63, 3.8) is 0 Å². The van der Waals surface area contributed by atoms with Crippen LogP contribution in [0.5, 0.6) is 0 Å². The number of carboxylic acids is 1. The number of rotatable bonds is 6. The second-order valence-electron chi connectivity index (χ2n) is 5.26. The maximum absolute atomic E-state index is 12.1. The maximum Gasteiger partial charge on any atom is 0.334 e. The van der Waals surface area contributed by atoms with Crippen LogP contribution in [0.2, 0.25) is 0 Å². The van der Waals surface area contributed by atoms with Crippen LogP contribution in [0.3, 0.4) is 0 Å². The topological polar surface area (TPSA) is 57.6 Å². The van der Waals surface area contributed by atoms with E-state index in [9.17, 15) is 14.7 Å². The normalized spacial score (nSPS) is 13.8. The van der Waals surface area contributed by atoms with E-state index in [0.29, 0.717) is 18.4 Å². The minimum absolute atomic E-state index is 0.185. The van der Waals surface area contributed by atoms with Crippen molar-refractivity contribution >= 4 is 11.9 Å². The van der Waals surface area contributed by atoms with Gasteiger partial charge in [0.1, 0.15) is 0 Å². The first-order valence-corrected chi connectivity index (χ1v) is 6.96. The average Bonchev–Trinajstić information content (AvgIpc) is 2.37. The average molecular weight is 277 g/mol. The first kappa shape index (κ1) is 16.2. The van der Waals surface area contributed by atoms with Gasteiger partial charge < -0.3 is 10.0 Å². The van der Waals surface area contributed by atoms with Crippen molar-refractivity contribution in [2.75, 3.05) is 0 Å². The van der Waals surface area contributed by atoms with Crippen LogP contribution in [0.4, 0.5) is 0 Å². The first-order chi connectivity index (χ1) is 9.37. The molecule has 1 aromatic carbocycles. The van der Waals surface area contributed by atoms with Crippen molar-refractivity contribution in [3.05, 3.63) is 35.9 Å². The van der Waals surface area contributed by atoms with Crippen molar-refractivity contribution in [2.45, 2.75) is 52.1 Å². The van der Waals surface area contributed by atoms with Crippen LogP contribution in [0, 0.1) is 0 Å². The number of benzene rings is 1. The highest BCUT2D eigenvalue weighted by molar-refractivity contribution is 5.87. The molecule has 0 saturated carbocycles. The van der Waals surface area contributed by atoms with E-state index in [2.05, 4.69) is 0 Å². The predicted molar refractivity (Wildman–Crippen MR) is 78.3 cm³/mol. The van der Waals surface area contributed by atoms with Gasteiger partial charge in [0.2, 0.25) is 5.91 Å². The summed E-state index contributed by atoms with van der Waals surface area (Å²) in [7, 11) is 0. The summed E-state index contributed by atoms with van der Waals surface area (Å²) in [6, 6.07) is 8.83. The van der Waals surface area contributed by atoms with Gasteiger partial charge in [-0.2, -0.15) is 0 Å². The number of carbonyl (C=O) groups excluding carboxylic acids is 1. The molecular formula is C16H23NO3. The molecule has 1 amide bonds. The second-order valence-corrected chi connectivity index (χ2v) is 5.26. The minimum Gasteiger partial charge on any atom is -0.479 e. The molecule has 0 aromatic heterocycles. The Hall–Kier alpha value is -1.84. The third-order valence-electron chi connectivity index (χ3n) is 3.48. The summed E-state index contributed by atoms with van der Waals surface area (Å²) in [6.07, 6.45) is 1.07. The number of nitrogens with zero attached hydrogens (tertiary/aromatic N) is 1. The molecule has 0 saturated heterocycles. The van der Waals surface area contributed by atoms with Gasteiger partial charge >= 0.3 is 5.97 Å². The standard InChI is InChI=1S/C16H23NO3/c1-5-11-16(15(19)20,14-9-7-6-8-10-14)17(12(2)3)13(4)18/h6-10,12H,5,11H2,1-4H3,(H,19,20). The van der Waals surface area contributed by atoms with Crippen molar-refractivity contribution in [3.8, 4) is 0 Å². The molecule has 1 rings (SSSR count). The number of amides is 1. The summed E-state index contributed by atoms with van der Waals surface area (Å²) in [6.45, 7) is 7.05. The van der Waals surface area contributed by atoms with E-state index in [1.807, 2.05) is 26.8 Å². The van der Waals surface area contributed by atoms with Crippen molar-refractivity contribution in [2.24, 2.45) is 0 Å². The Balaban J connectivity index is 3.54. The van der Waals surface area contributed by atoms with Crippen molar-refractivity contribution in [1.82, 2.24) is 4.90 Å². The largest absolute Gasteiger partial charge is 0.479 e. The van der Waals surface area contributed by atoms with Gasteiger partial charge in [-0.05, 0) is 25.8 Å². The molecule has 1 unspecified atom stereocenters. The Morgan fingerprint density at radius 2 is 1.80 bits per heavy atom. The molecule has 20 heavy (non-hydrogen) atoms. The summed E-state index contributed by atoms with van der Waals surface area (Å²) in [5, 5.41) is 9.88. The minimum atomic E-state index is -1.30. The molecule has 1 N–H and O–H groups in total. The van der Waals surface area contributed by atoms with Crippen LogP contribution < -0.4 is 0 Å². The van der Waals surface area contributed by atoms with Crippen LogP contribution in [-0.2, 0) is 15.1 Å². The van der Waals surface area contributed by atoms with Gasteiger partial charge in [0.05, 0.1) is 0 Å². The third kappa shape index (κ3) is 2.84. The molecular weight excluding hydrogens is 254 g/mol. The summed E-state index contributed by atoms with van der Waals surface area (Å²) < 4.78 is 0. The van der Waals surface area contributed by atoms with Gasteiger partial charge in [-0.25, -0.2) is 4.79 Å². The maximum atomic E-state index is 12.1. The lowest BCUT2D eigenvalue weighted by Gasteiger charge is -2.43. The molecule has 0 fully saturated rings. The molecule has 1 atom stereocenters. The van der Waals surface area contributed by atoms with Gasteiger partial charge in [0, 0.05) is 13.0 Å². The van der Waals surface area contributed by atoms with E-state index in [-0.39, 0.29) is 11.9 Å². The smallest absolute Gasteiger partial charge is 0.334 e. The van der Waals surface area contributed by atoms with Gasteiger partial charge in [0.25, 0.3) is 0 Å². The lowest BCUT2D eigenvalue weighted by molar-refractivity contribution is -0.162. The quantitative estimate of drug-likeness (QED) is 0.869. The molecule has 110 valence electrons. The summed E-state index contributed by atoms with van der Waals surface area (Å²) in [4.78, 5) is 25.6. The van der Waals surface area contributed by atoms with E-state index in [4.69, 9.17) is 0 Å². The van der Waals surface area contributed by atoms with E-state index in [1.54, 1.807) is 24.3 Å². The highest BCUT2D eigenvalue weighted by Crippen LogP contribution is 2.35. The lowest BCUT2D eigenvalue weighted by atomic mass is 9.82. The van der Waals surface area contributed by atoms with Gasteiger partial charge in [-0.15, -0.1) is 0 Å². The van der Waals surface area contributed by atoms with Gasteiger partial charge in [-0.1, -0.05) is 43.7 Å². The number of carbonyl (C=O) groups is 2. The molecule has 0 aliphatic heterocycles. The zero-order chi connectivity index (χ0) is 15.3. The zero-order valence-electron chi connectivity index (χ0n) is 12.6. The molecule has 0 aliphatic carbocycles. The number of hydrogen-bond acceptors (Lipinski definition) is 2. The second kappa shape index (κ2) is 6.55. The van der Waals surface area contributed by atoms with Crippen molar-refractivity contribution < 1.29 is 14.7 Å². The van der Waals surface area contributed by atoms with E-state index in [1.165, 1.54) is 11.8 Å². The van der Waals surface area contributed by atoms with Crippen LogP contribution in [0.15, 0.2) is 30.3 Å². The molecule has 0 aliphatic rings. The van der Waals surface area contributed by atoms with Gasteiger partial charge in [-0.3, -0.25) is 4.79 Å². The fourth-order valence-electron chi connectivity index (χ4n) is 2.89. The molecule has 1 aromatic rings. The summed E-state index contributed by atoms with van der Waals surface area (Å²) >= 11 is 0. The van der Waals surface area contributed by atoms with E-state index < -0.39 is 11.5 Å². The molecule has 0 radical (unpaired) electrons. The zero-order valence-corrected chi connectivity index (χ0v) is 12.6. The Morgan fingerprint density at radius 1 is 1.25 bits per heavy atom. The fraction of sp³-hybridized carbons (Fsp3) is 0.500. The Labute approximate surface area is 120 Å². The molecule has 0 bridgehead atoms. The van der Waals surface area contributed by atoms with Crippen LogP contribution in [0.1, 0.15) is 46.1 Å². The highest BCUT2D eigenvalue weighted by atomic mass is 16.4. The number of carboxylic acid groups (broad SMARTS) is 1. The lowest BCUT2D eigenvalue weighted by Crippen LogP contribution is -2.56. The Kier molecular flexibility index (Phi) is 5.31. The SMILES string of the molecule is CCCC(C(=O)O)(c1ccccc1)N(C(C)=O)C(C)C. The highest BCUT2D eigenvalue weighted by Gasteiger charge is 2.47. The first-order valence-electron chi connectivity index (χ1n) is 6.96. The Morgan fingerprint density at radius 3 is 2.15 bits per heavy atom. The molecule has 4 heteroatoms. The summed E-state index contributed by atoms with van der Waals surface area (Å²) in [5.74, 6) is -1.20. The number of hydrogen-bond donors (Lipinski definition) is 1. The summed E-state index contributed by atoms with van der Waals surface area (Å²) in [5.41, 5.74) is -0.644.